The predicted octanol–water partition coefficient (Wildman–Crippen LogP) is -0.358. The van der Waals surface area contributed by atoms with Crippen LogP contribution in [-0.4, -0.2) is 38.5 Å². The molecule has 1 atom stereocenters. The van der Waals surface area contributed by atoms with Crippen LogP contribution in [-0.2, 0) is 4.74 Å². The average Bonchev–Trinajstić information content (AvgIpc) is 2.54. The quantitative estimate of drug-likeness (QED) is 0.582. The first-order valence-electron chi connectivity index (χ1n) is 5.21. The summed E-state index contributed by atoms with van der Waals surface area (Å²) in [6.07, 6.45) is 1.89. The molecule has 0 bridgehead atoms. The molecular formula is C9H17N3O2. The van der Waals surface area contributed by atoms with Gasteiger partial charge in [-0.2, -0.15) is 0 Å². The molecule has 2 rings (SSSR count). The number of urea groups is 1. The molecule has 0 aliphatic carbocycles. The van der Waals surface area contributed by atoms with Gasteiger partial charge >= 0.3 is 6.03 Å². The summed E-state index contributed by atoms with van der Waals surface area (Å²) in [5.74, 6) is 0.602. The molecule has 14 heavy (non-hydrogen) atoms. The lowest BCUT2D eigenvalue weighted by molar-refractivity contribution is 0.0904. The van der Waals surface area contributed by atoms with Gasteiger partial charge in [-0.15, -0.1) is 0 Å². The van der Waals surface area contributed by atoms with Crippen LogP contribution in [0.4, 0.5) is 4.79 Å². The molecule has 1 unspecified atom stereocenters. The van der Waals surface area contributed by atoms with Gasteiger partial charge in [-0.25, -0.2) is 4.79 Å². The normalized spacial score (nSPS) is 27.0. The molecule has 0 saturated carbocycles. The third kappa shape index (κ3) is 2.59. The molecule has 0 aromatic heterocycles. The minimum atomic E-state index is -0.108. The zero-order valence-corrected chi connectivity index (χ0v) is 8.21. The van der Waals surface area contributed by atoms with Crippen molar-refractivity contribution in [3.8, 4) is 0 Å². The van der Waals surface area contributed by atoms with E-state index >= 15 is 0 Å². The number of hydrogen-bond donors (Lipinski definition) is 3. The van der Waals surface area contributed by atoms with Gasteiger partial charge in [0.1, 0.15) is 6.23 Å². The van der Waals surface area contributed by atoms with E-state index in [1.54, 1.807) is 0 Å². The smallest absolute Gasteiger partial charge is 0.316 e. The Kier molecular flexibility index (Phi) is 3.21. The summed E-state index contributed by atoms with van der Waals surface area (Å²) in [4.78, 5) is 11.3. The van der Waals surface area contributed by atoms with Crippen molar-refractivity contribution >= 4 is 6.03 Å². The number of carbonyl (C=O) groups excluding carboxylic acids is 1. The van der Waals surface area contributed by atoms with Crippen molar-refractivity contribution in [2.24, 2.45) is 5.92 Å². The SMILES string of the molecule is O=C(NCC1CNC1)NC1CCCO1. The third-order valence-corrected chi connectivity index (χ3v) is 2.64. The fourth-order valence-electron chi connectivity index (χ4n) is 1.62. The molecule has 0 radical (unpaired) electrons. The van der Waals surface area contributed by atoms with Crippen LogP contribution in [0.25, 0.3) is 0 Å². The van der Waals surface area contributed by atoms with Crippen molar-refractivity contribution in [1.29, 1.82) is 0 Å². The first kappa shape index (κ1) is 9.73. The van der Waals surface area contributed by atoms with Crippen molar-refractivity contribution in [3.05, 3.63) is 0 Å². The maximum absolute atomic E-state index is 11.3. The van der Waals surface area contributed by atoms with Gasteiger partial charge in [0.15, 0.2) is 0 Å². The molecule has 2 aliphatic rings. The Labute approximate surface area is 83.6 Å². The van der Waals surface area contributed by atoms with Crippen LogP contribution in [0, 0.1) is 5.92 Å². The molecular weight excluding hydrogens is 182 g/mol. The Hall–Kier alpha value is -0.810. The molecule has 2 aliphatic heterocycles. The monoisotopic (exact) mass is 199 g/mol. The second kappa shape index (κ2) is 4.61. The van der Waals surface area contributed by atoms with Crippen LogP contribution in [0.2, 0.25) is 0 Å². The van der Waals surface area contributed by atoms with Crippen LogP contribution >= 0.6 is 0 Å². The Balaban J connectivity index is 1.57. The second-order valence-corrected chi connectivity index (χ2v) is 3.88. The number of nitrogens with one attached hydrogen (secondary N) is 3. The summed E-state index contributed by atoms with van der Waals surface area (Å²) in [5, 5.41) is 8.79. The van der Waals surface area contributed by atoms with Crippen LogP contribution < -0.4 is 16.0 Å². The number of rotatable bonds is 3. The molecule has 5 heteroatoms. The molecule has 0 spiro atoms. The van der Waals surface area contributed by atoms with Crippen LogP contribution in [0.15, 0.2) is 0 Å². The van der Waals surface area contributed by atoms with Crippen molar-refractivity contribution < 1.29 is 9.53 Å². The first-order chi connectivity index (χ1) is 6.84. The highest BCUT2D eigenvalue weighted by molar-refractivity contribution is 5.74. The van der Waals surface area contributed by atoms with Crippen LogP contribution in [0.3, 0.4) is 0 Å². The van der Waals surface area contributed by atoms with E-state index in [1.807, 2.05) is 0 Å². The molecule has 0 aromatic rings. The fraction of sp³-hybridized carbons (Fsp3) is 0.889. The van der Waals surface area contributed by atoms with Crippen molar-refractivity contribution in [2.75, 3.05) is 26.2 Å². The highest BCUT2D eigenvalue weighted by atomic mass is 16.5. The largest absolute Gasteiger partial charge is 0.358 e. The molecule has 3 N–H and O–H groups in total. The van der Waals surface area contributed by atoms with Gasteiger partial charge in [-0.1, -0.05) is 0 Å². The van der Waals surface area contributed by atoms with E-state index in [-0.39, 0.29) is 12.3 Å². The van der Waals surface area contributed by atoms with E-state index in [0.717, 1.165) is 39.1 Å². The Bertz CT molecular complexity index is 200. The lowest BCUT2D eigenvalue weighted by Gasteiger charge is -2.27. The van der Waals surface area contributed by atoms with Gasteiger partial charge in [-0.05, 0) is 12.8 Å². The van der Waals surface area contributed by atoms with Gasteiger partial charge in [0.25, 0.3) is 0 Å². The first-order valence-corrected chi connectivity index (χ1v) is 5.21. The van der Waals surface area contributed by atoms with E-state index in [1.165, 1.54) is 0 Å². The molecule has 2 amide bonds. The Morgan fingerprint density at radius 1 is 1.50 bits per heavy atom. The summed E-state index contributed by atoms with van der Waals surface area (Å²) in [6.45, 7) is 3.55. The van der Waals surface area contributed by atoms with Crippen molar-refractivity contribution in [1.82, 2.24) is 16.0 Å². The number of hydrogen-bond acceptors (Lipinski definition) is 3. The topological polar surface area (TPSA) is 62.4 Å². The van der Waals surface area contributed by atoms with E-state index in [4.69, 9.17) is 4.74 Å². The predicted molar refractivity (Wildman–Crippen MR) is 51.9 cm³/mol. The highest BCUT2D eigenvalue weighted by Gasteiger charge is 2.20. The number of amides is 2. The van der Waals surface area contributed by atoms with Gasteiger partial charge in [-0.3, -0.25) is 0 Å². The minimum absolute atomic E-state index is 0.0745. The maximum atomic E-state index is 11.3. The molecule has 2 saturated heterocycles. The number of ether oxygens (including phenoxy) is 1. The third-order valence-electron chi connectivity index (χ3n) is 2.64. The molecule has 80 valence electrons. The Morgan fingerprint density at radius 3 is 2.93 bits per heavy atom. The van der Waals surface area contributed by atoms with E-state index in [2.05, 4.69) is 16.0 Å². The average molecular weight is 199 g/mol. The molecule has 2 fully saturated rings. The minimum Gasteiger partial charge on any atom is -0.358 e. The van der Waals surface area contributed by atoms with Crippen LogP contribution in [0.5, 0.6) is 0 Å². The van der Waals surface area contributed by atoms with E-state index < -0.39 is 0 Å². The zero-order valence-electron chi connectivity index (χ0n) is 8.21. The Morgan fingerprint density at radius 2 is 2.36 bits per heavy atom. The zero-order chi connectivity index (χ0) is 9.80. The second-order valence-electron chi connectivity index (χ2n) is 3.88. The molecule has 0 aromatic carbocycles. The van der Waals surface area contributed by atoms with Crippen LogP contribution in [0.1, 0.15) is 12.8 Å². The lowest BCUT2D eigenvalue weighted by Crippen LogP contribution is -2.50. The highest BCUT2D eigenvalue weighted by Crippen LogP contribution is 2.08. The van der Waals surface area contributed by atoms with Crippen molar-refractivity contribution in [2.45, 2.75) is 19.1 Å². The van der Waals surface area contributed by atoms with Gasteiger partial charge in [0, 0.05) is 32.2 Å². The van der Waals surface area contributed by atoms with Crippen molar-refractivity contribution in [3.63, 3.8) is 0 Å². The van der Waals surface area contributed by atoms with E-state index in [9.17, 15) is 4.79 Å². The summed E-state index contributed by atoms with van der Waals surface area (Å²) >= 11 is 0. The van der Waals surface area contributed by atoms with Gasteiger partial charge in [0.05, 0.1) is 0 Å². The molecule has 2 heterocycles. The fourth-order valence-corrected chi connectivity index (χ4v) is 1.62. The summed E-state index contributed by atoms with van der Waals surface area (Å²) in [6, 6.07) is -0.108. The van der Waals surface area contributed by atoms with Gasteiger partial charge in [0.2, 0.25) is 0 Å². The summed E-state index contributed by atoms with van der Waals surface area (Å²) in [5.41, 5.74) is 0. The number of carbonyl (C=O) groups is 1. The summed E-state index contributed by atoms with van der Waals surface area (Å²) in [7, 11) is 0. The van der Waals surface area contributed by atoms with E-state index in [0.29, 0.717) is 5.92 Å². The maximum Gasteiger partial charge on any atom is 0.316 e. The summed E-state index contributed by atoms with van der Waals surface area (Å²) < 4.78 is 5.29. The molecule has 5 nitrogen and oxygen atoms in total. The lowest BCUT2D eigenvalue weighted by atomic mass is 10.0. The van der Waals surface area contributed by atoms with Gasteiger partial charge < -0.3 is 20.7 Å². The standard InChI is InChI=1S/C9H17N3O2/c13-9(11-6-7-4-10-5-7)12-8-2-1-3-14-8/h7-8,10H,1-6H2,(H2,11,12,13).